The molecule has 1 atom stereocenters. The zero-order valence-electron chi connectivity index (χ0n) is 9.56. The van der Waals surface area contributed by atoms with Gasteiger partial charge in [-0.2, -0.15) is 0 Å². The lowest BCUT2D eigenvalue weighted by molar-refractivity contribution is -0.137. The van der Waals surface area contributed by atoms with Crippen molar-refractivity contribution >= 4 is 5.91 Å². The summed E-state index contributed by atoms with van der Waals surface area (Å²) in [6.45, 7) is 3.65. The van der Waals surface area contributed by atoms with Gasteiger partial charge in [-0.05, 0) is 19.3 Å². The zero-order chi connectivity index (χ0) is 11.4. The first-order valence-corrected chi connectivity index (χ1v) is 5.99. The summed E-state index contributed by atoms with van der Waals surface area (Å²) in [5, 5.41) is 0. The minimum atomic E-state index is 0.172. The second-order valence-corrected chi connectivity index (χ2v) is 4.66. The lowest BCUT2D eigenvalue weighted by Crippen LogP contribution is -2.37. The molecule has 2 heterocycles. The van der Waals surface area contributed by atoms with Crippen LogP contribution in [0.15, 0.2) is 0 Å². The molecule has 2 saturated heterocycles. The van der Waals surface area contributed by atoms with E-state index in [0.717, 1.165) is 45.6 Å². The van der Waals surface area contributed by atoms with Crippen molar-refractivity contribution in [2.24, 2.45) is 17.7 Å². The van der Waals surface area contributed by atoms with Crippen LogP contribution in [0.3, 0.4) is 0 Å². The van der Waals surface area contributed by atoms with Crippen molar-refractivity contribution in [1.82, 2.24) is 4.90 Å². The second kappa shape index (κ2) is 5.61. The molecule has 2 fully saturated rings. The number of nitrogens with zero attached hydrogens (tertiary/aromatic N) is 1. The quantitative estimate of drug-likeness (QED) is 0.698. The molecule has 2 N–H and O–H groups in total. The van der Waals surface area contributed by atoms with Gasteiger partial charge in [0.05, 0.1) is 6.61 Å². The van der Waals surface area contributed by atoms with E-state index in [4.69, 9.17) is 10.6 Å². The van der Waals surface area contributed by atoms with Gasteiger partial charge in [0.1, 0.15) is 0 Å². The van der Waals surface area contributed by atoms with Crippen molar-refractivity contribution in [1.29, 1.82) is 0 Å². The Morgan fingerprint density at radius 2 is 2.12 bits per heavy atom. The van der Waals surface area contributed by atoms with E-state index in [-0.39, 0.29) is 5.92 Å². The van der Waals surface area contributed by atoms with Crippen LogP contribution < -0.4 is 5.90 Å². The number of hydrogen-bond acceptors (Lipinski definition) is 4. The molecule has 2 rings (SSSR count). The average Bonchev–Trinajstić information content (AvgIpc) is 2.78. The molecule has 0 radical (unpaired) electrons. The fourth-order valence-corrected chi connectivity index (χ4v) is 2.51. The van der Waals surface area contributed by atoms with Crippen molar-refractivity contribution in [2.45, 2.75) is 19.3 Å². The standard InChI is InChI=1S/C11H20N2O3/c12-16-8-9-1-4-13(7-9)11(14)10-2-5-15-6-3-10/h9-10H,1-8,12H2. The molecule has 0 spiro atoms. The second-order valence-electron chi connectivity index (χ2n) is 4.66. The molecule has 2 aliphatic rings. The van der Waals surface area contributed by atoms with Crippen LogP contribution in [0.1, 0.15) is 19.3 Å². The molecule has 1 amide bonds. The minimum absolute atomic E-state index is 0.172. The van der Waals surface area contributed by atoms with E-state index >= 15 is 0 Å². The fourth-order valence-electron chi connectivity index (χ4n) is 2.51. The first-order chi connectivity index (χ1) is 7.81. The maximum Gasteiger partial charge on any atom is 0.225 e. The van der Waals surface area contributed by atoms with E-state index in [0.29, 0.717) is 18.4 Å². The highest BCUT2D eigenvalue weighted by atomic mass is 16.6. The Balaban J connectivity index is 1.81. The lowest BCUT2D eigenvalue weighted by Gasteiger charge is -2.26. The molecule has 0 aromatic carbocycles. The summed E-state index contributed by atoms with van der Waals surface area (Å²) in [5.74, 6) is 5.93. The van der Waals surface area contributed by atoms with Crippen LogP contribution in [-0.4, -0.2) is 43.7 Å². The van der Waals surface area contributed by atoms with Crippen molar-refractivity contribution in [3.63, 3.8) is 0 Å². The summed E-state index contributed by atoms with van der Waals surface area (Å²) in [5.41, 5.74) is 0. The van der Waals surface area contributed by atoms with Crippen LogP contribution in [0.5, 0.6) is 0 Å². The van der Waals surface area contributed by atoms with Crippen molar-refractivity contribution < 1.29 is 14.4 Å². The van der Waals surface area contributed by atoms with Gasteiger partial charge in [-0.15, -0.1) is 0 Å². The van der Waals surface area contributed by atoms with Crippen LogP contribution in [0.2, 0.25) is 0 Å². The Labute approximate surface area is 95.8 Å². The third-order valence-electron chi connectivity index (χ3n) is 3.50. The van der Waals surface area contributed by atoms with Gasteiger partial charge in [0, 0.05) is 38.1 Å². The van der Waals surface area contributed by atoms with Gasteiger partial charge >= 0.3 is 0 Å². The van der Waals surface area contributed by atoms with Gasteiger partial charge in [-0.1, -0.05) is 0 Å². The maximum atomic E-state index is 12.1. The number of carbonyl (C=O) groups is 1. The summed E-state index contributed by atoms with van der Waals surface area (Å²) in [4.78, 5) is 18.7. The maximum absolute atomic E-state index is 12.1. The van der Waals surface area contributed by atoms with E-state index in [1.54, 1.807) is 0 Å². The van der Waals surface area contributed by atoms with Crippen LogP contribution in [0, 0.1) is 11.8 Å². The Morgan fingerprint density at radius 3 is 2.81 bits per heavy atom. The summed E-state index contributed by atoms with van der Waals surface area (Å²) in [6.07, 6.45) is 2.74. The number of rotatable bonds is 3. The molecule has 0 aromatic rings. The van der Waals surface area contributed by atoms with Gasteiger partial charge in [0.15, 0.2) is 0 Å². The van der Waals surface area contributed by atoms with Crippen LogP contribution >= 0.6 is 0 Å². The molecule has 5 heteroatoms. The van der Waals surface area contributed by atoms with Gasteiger partial charge in [0.25, 0.3) is 0 Å². The summed E-state index contributed by atoms with van der Waals surface area (Å²) < 4.78 is 5.26. The van der Waals surface area contributed by atoms with E-state index < -0.39 is 0 Å². The Hall–Kier alpha value is -0.650. The third kappa shape index (κ3) is 2.72. The highest BCUT2D eigenvalue weighted by Crippen LogP contribution is 2.23. The minimum Gasteiger partial charge on any atom is -0.381 e. The number of carbonyl (C=O) groups excluding carboxylic acids is 1. The monoisotopic (exact) mass is 228 g/mol. The van der Waals surface area contributed by atoms with Gasteiger partial charge in [-0.25, -0.2) is 5.90 Å². The molecule has 0 bridgehead atoms. The molecule has 2 aliphatic heterocycles. The van der Waals surface area contributed by atoms with Gasteiger partial charge in [0.2, 0.25) is 5.91 Å². The molecular weight excluding hydrogens is 208 g/mol. The van der Waals surface area contributed by atoms with Gasteiger partial charge in [-0.3, -0.25) is 4.79 Å². The summed E-state index contributed by atoms with van der Waals surface area (Å²) in [7, 11) is 0. The number of nitrogens with two attached hydrogens (primary N) is 1. The van der Waals surface area contributed by atoms with E-state index in [9.17, 15) is 4.79 Å². The molecule has 16 heavy (non-hydrogen) atoms. The first-order valence-electron chi connectivity index (χ1n) is 5.99. The largest absolute Gasteiger partial charge is 0.381 e. The number of ether oxygens (including phenoxy) is 1. The van der Waals surface area contributed by atoms with Crippen molar-refractivity contribution in [3.05, 3.63) is 0 Å². The van der Waals surface area contributed by atoms with E-state index in [2.05, 4.69) is 4.84 Å². The number of hydrogen-bond donors (Lipinski definition) is 1. The molecule has 0 aromatic heterocycles. The first kappa shape index (κ1) is 11.8. The normalized spacial score (nSPS) is 27.3. The highest BCUT2D eigenvalue weighted by Gasteiger charge is 2.31. The van der Waals surface area contributed by atoms with E-state index in [1.807, 2.05) is 4.90 Å². The predicted octanol–water partition coefficient (Wildman–Crippen LogP) is 0.152. The Kier molecular flexibility index (Phi) is 4.15. The topological polar surface area (TPSA) is 64.8 Å². The fraction of sp³-hybridized carbons (Fsp3) is 0.909. The SMILES string of the molecule is NOCC1CCN(C(=O)C2CCOCC2)C1. The van der Waals surface area contributed by atoms with Crippen LogP contribution in [-0.2, 0) is 14.4 Å². The lowest BCUT2D eigenvalue weighted by atomic mass is 9.99. The summed E-state index contributed by atoms with van der Waals surface area (Å²) >= 11 is 0. The highest BCUT2D eigenvalue weighted by molar-refractivity contribution is 5.79. The Bertz CT molecular complexity index is 241. The summed E-state index contributed by atoms with van der Waals surface area (Å²) in [6, 6.07) is 0. The van der Waals surface area contributed by atoms with Crippen molar-refractivity contribution in [2.75, 3.05) is 32.9 Å². The number of likely N-dealkylation sites (tertiary alicyclic amines) is 1. The zero-order valence-corrected chi connectivity index (χ0v) is 9.56. The van der Waals surface area contributed by atoms with Crippen molar-refractivity contribution in [3.8, 4) is 0 Å². The van der Waals surface area contributed by atoms with Crippen LogP contribution in [0.25, 0.3) is 0 Å². The van der Waals surface area contributed by atoms with Crippen LogP contribution in [0.4, 0.5) is 0 Å². The smallest absolute Gasteiger partial charge is 0.225 e. The molecule has 92 valence electrons. The Morgan fingerprint density at radius 1 is 1.38 bits per heavy atom. The van der Waals surface area contributed by atoms with E-state index in [1.165, 1.54) is 0 Å². The third-order valence-corrected chi connectivity index (χ3v) is 3.50. The molecule has 0 aliphatic carbocycles. The average molecular weight is 228 g/mol. The van der Waals surface area contributed by atoms with Gasteiger partial charge < -0.3 is 14.5 Å². The number of amides is 1. The molecule has 0 saturated carbocycles. The predicted molar refractivity (Wildman–Crippen MR) is 58.4 cm³/mol. The molecule has 1 unspecified atom stereocenters. The molecular formula is C11H20N2O3. The molecule has 5 nitrogen and oxygen atoms in total.